The lowest BCUT2D eigenvalue weighted by molar-refractivity contribution is -0.144. The summed E-state index contributed by atoms with van der Waals surface area (Å²) in [6.07, 6.45) is 1.20. The number of anilines is 1. The first kappa shape index (κ1) is 15.1. The number of pyridine rings is 1. The third-order valence-electron chi connectivity index (χ3n) is 3.87. The average molecular weight is 318 g/mol. The Morgan fingerprint density at radius 1 is 1.41 bits per heavy atom. The largest absolute Gasteiger partial charge is 0.365 e. The highest BCUT2D eigenvalue weighted by molar-refractivity contribution is 7.99. The van der Waals surface area contributed by atoms with Crippen molar-refractivity contribution < 1.29 is 9.53 Å². The van der Waals surface area contributed by atoms with Crippen molar-refractivity contribution in [3.8, 4) is 6.07 Å². The van der Waals surface area contributed by atoms with E-state index in [2.05, 4.69) is 11.1 Å². The zero-order chi connectivity index (χ0) is 15.4. The quantitative estimate of drug-likeness (QED) is 0.801. The molecule has 1 atom stereocenters. The van der Waals surface area contributed by atoms with Gasteiger partial charge in [0.1, 0.15) is 11.9 Å². The molecule has 2 saturated heterocycles. The number of nitriles is 1. The normalized spacial score (nSPS) is 22.2. The van der Waals surface area contributed by atoms with Crippen LogP contribution < -0.4 is 4.90 Å². The van der Waals surface area contributed by atoms with E-state index in [0.717, 1.165) is 24.6 Å². The van der Waals surface area contributed by atoms with Crippen molar-refractivity contribution in [1.82, 2.24) is 9.88 Å². The molecule has 0 saturated carbocycles. The zero-order valence-corrected chi connectivity index (χ0v) is 13.1. The van der Waals surface area contributed by atoms with Gasteiger partial charge < -0.3 is 14.5 Å². The highest BCUT2D eigenvalue weighted by Crippen LogP contribution is 2.20. The van der Waals surface area contributed by atoms with Gasteiger partial charge in [-0.1, -0.05) is 0 Å². The average Bonchev–Trinajstić information content (AvgIpc) is 2.62. The van der Waals surface area contributed by atoms with Gasteiger partial charge in [0.05, 0.1) is 18.7 Å². The Hall–Kier alpha value is -1.78. The van der Waals surface area contributed by atoms with Crippen molar-refractivity contribution in [2.75, 3.05) is 49.2 Å². The van der Waals surface area contributed by atoms with Crippen LogP contribution in [0.15, 0.2) is 18.3 Å². The van der Waals surface area contributed by atoms with Crippen molar-refractivity contribution >= 4 is 23.5 Å². The molecule has 0 N–H and O–H groups in total. The molecule has 3 heterocycles. The Labute approximate surface area is 134 Å². The van der Waals surface area contributed by atoms with Crippen LogP contribution in [0.25, 0.3) is 0 Å². The van der Waals surface area contributed by atoms with Crippen LogP contribution in [0.1, 0.15) is 5.56 Å². The number of nitrogens with zero attached hydrogens (tertiary/aromatic N) is 4. The van der Waals surface area contributed by atoms with Crippen molar-refractivity contribution in [2.24, 2.45) is 0 Å². The highest BCUT2D eigenvalue weighted by atomic mass is 32.2. The minimum Gasteiger partial charge on any atom is -0.365 e. The Kier molecular flexibility index (Phi) is 4.80. The number of ether oxygens (including phenoxy) is 1. The Balaban J connectivity index is 1.71. The van der Waals surface area contributed by atoms with Gasteiger partial charge in [0.25, 0.3) is 5.91 Å². The third-order valence-corrected chi connectivity index (χ3v) is 4.81. The number of amides is 1. The van der Waals surface area contributed by atoms with Gasteiger partial charge in [-0.2, -0.15) is 17.0 Å². The minimum absolute atomic E-state index is 0.0550. The van der Waals surface area contributed by atoms with Gasteiger partial charge in [0, 0.05) is 37.3 Å². The molecule has 7 heteroatoms. The summed E-state index contributed by atoms with van der Waals surface area (Å²) >= 11 is 1.87. The Morgan fingerprint density at radius 3 is 3.00 bits per heavy atom. The highest BCUT2D eigenvalue weighted by Gasteiger charge is 2.32. The van der Waals surface area contributed by atoms with Gasteiger partial charge in [-0.05, 0) is 12.1 Å². The van der Waals surface area contributed by atoms with E-state index < -0.39 is 6.10 Å². The minimum atomic E-state index is -0.467. The summed E-state index contributed by atoms with van der Waals surface area (Å²) in [7, 11) is 0. The molecule has 6 nitrogen and oxygen atoms in total. The van der Waals surface area contributed by atoms with Crippen LogP contribution in [0, 0.1) is 11.3 Å². The first-order chi connectivity index (χ1) is 10.8. The van der Waals surface area contributed by atoms with E-state index in [9.17, 15) is 10.1 Å². The van der Waals surface area contributed by atoms with E-state index in [1.54, 1.807) is 18.3 Å². The summed E-state index contributed by atoms with van der Waals surface area (Å²) in [6.45, 7) is 3.15. The van der Waals surface area contributed by atoms with Crippen LogP contribution in [-0.2, 0) is 9.53 Å². The molecule has 1 aromatic heterocycles. The molecule has 0 bridgehead atoms. The number of rotatable bonds is 2. The fourth-order valence-corrected chi connectivity index (χ4v) is 3.62. The summed E-state index contributed by atoms with van der Waals surface area (Å²) in [6, 6.07) is 5.65. The van der Waals surface area contributed by atoms with Crippen LogP contribution in [0.4, 0.5) is 5.82 Å². The maximum atomic E-state index is 12.6. The van der Waals surface area contributed by atoms with E-state index in [0.29, 0.717) is 31.1 Å². The van der Waals surface area contributed by atoms with Crippen molar-refractivity contribution in [3.63, 3.8) is 0 Å². The van der Waals surface area contributed by atoms with Gasteiger partial charge in [-0.15, -0.1) is 0 Å². The van der Waals surface area contributed by atoms with E-state index in [1.807, 2.05) is 21.6 Å². The summed E-state index contributed by atoms with van der Waals surface area (Å²) in [5, 5.41) is 9.20. The fourth-order valence-electron chi connectivity index (χ4n) is 2.71. The Bertz CT molecular complexity index is 583. The number of carbonyl (C=O) groups is 1. The molecule has 116 valence electrons. The third kappa shape index (κ3) is 3.18. The van der Waals surface area contributed by atoms with E-state index in [4.69, 9.17) is 4.74 Å². The number of hydrogen-bond acceptors (Lipinski definition) is 6. The second kappa shape index (κ2) is 6.99. The van der Waals surface area contributed by atoms with Crippen LogP contribution in [0.5, 0.6) is 0 Å². The van der Waals surface area contributed by atoms with E-state index in [1.165, 1.54) is 0 Å². The molecule has 2 aliphatic rings. The standard InChI is InChI=1S/C15H18N4O2S/c16-10-12-2-1-3-17-14(12)19-4-7-21-13(11-19)15(20)18-5-8-22-9-6-18/h1-3,13H,4-9,11H2. The lowest BCUT2D eigenvalue weighted by Crippen LogP contribution is -2.53. The molecule has 1 unspecified atom stereocenters. The molecular formula is C15H18N4O2S. The van der Waals surface area contributed by atoms with Crippen molar-refractivity contribution in [1.29, 1.82) is 5.26 Å². The molecule has 0 aliphatic carbocycles. The number of morpholine rings is 1. The summed E-state index contributed by atoms with van der Waals surface area (Å²) < 4.78 is 5.67. The second-order valence-electron chi connectivity index (χ2n) is 5.23. The summed E-state index contributed by atoms with van der Waals surface area (Å²) in [5.74, 6) is 2.67. The van der Waals surface area contributed by atoms with Gasteiger partial charge in [-0.3, -0.25) is 4.79 Å². The van der Waals surface area contributed by atoms with Gasteiger partial charge in [0.15, 0.2) is 6.10 Å². The predicted octanol–water partition coefficient (Wildman–Crippen LogP) is 0.734. The van der Waals surface area contributed by atoms with Crippen molar-refractivity contribution in [3.05, 3.63) is 23.9 Å². The van der Waals surface area contributed by atoms with Crippen LogP contribution in [0.2, 0.25) is 0 Å². The lowest BCUT2D eigenvalue weighted by atomic mass is 10.2. The van der Waals surface area contributed by atoms with Crippen molar-refractivity contribution in [2.45, 2.75) is 6.10 Å². The predicted molar refractivity (Wildman–Crippen MR) is 84.8 cm³/mol. The van der Waals surface area contributed by atoms with Crippen LogP contribution in [0.3, 0.4) is 0 Å². The molecular weight excluding hydrogens is 300 g/mol. The SMILES string of the molecule is N#Cc1cccnc1N1CCOC(C(=O)N2CCSCC2)C1. The van der Waals surface area contributed by atoms with Gasteiger partial charge in [0.2, 0.25) is 0 Å². The number of carbonyl (C=O) groups excluding carboxylic acids is 1. The van der Waals surface area contributed by atoms with Crippen LogP contribution >= 0.6 is 11.8 Å². The van der Waals surface area contributed by atoms with Crippen LogP contribution in [-0.4, -0.2) is 66.2 Å². The number of hydrogen-bond donors (Lipinski definition) is 0. The fraction of sp³-hybridized carbons (Fsp3) is 0.533. The topological polar surface area (TPSA) is 69.5 Å². The summed E-state index contributed by atoms with van der Waals surface area (Å²) in [5.41, 5.74) is 0.532. The first-order valence-corrected chi connectivity index (χ1v) is 8.53. The summed E-state index contributed by atoms with van der Waals surface area (Å²) in [4.78, 5) is 20.7. The van der Waals surface area contributed by atoms with Gasteiger partial charge >= 0.3 is 0 Å². The second-order valence-corrected chi connectivity index (χ2v) is 6.45. The maximum Gasteiger partial charge on any atom is 0.253 e. The molecule has 2 aliphatic heterocycles. The molecule has 0 radical (unpaired) electrons. The molecule has 22 heavy (non-hydrogen) atoms. The molecule has 1 amide bonds. The van der Waals surface area contributed by atoms with E-state index in [-0.39, 0.29) is 5.91 Å². The molecule has 3 rings (SSSR count). The van der Waals surface area contributed by atoms with Gasteiger partial charge in [-0.25, -0.2) is 4.98 Å². The Morgan fingerprint density at radius 2 is 2.23 bits per heavy atom. The molecule has 2 fully saturated rings. The monoisotopic (exact) mass is 318 g/mol. The molecule has 0 aromatic carbocycles. The zero-order valence-electron chi connectivity index (χ0n) is 12.3. The molecule has 0 spiro atoms. The number of thioether (sulfide) groups is 1. The van der Waals surface area contributed by atoms with E-state index >= 15 is 0 Å². The molecule has 1 aromatic rings. The lowest BCUT2D eigenvalue weighted by Gasteiger charge is -2.36. The maximum absolute atomic E-state index is 12.6. The number of aromatic nitrogens is 1. The first-order valence-electron chi connectivity index (χ1n) is 7.38. The smallest absolute Gasteiger partial charge is 0.253 e.